The third-order valence-electron chi connectivity index (χ3n) is 3.07. The molecule has 1 aliphatic carbocycles. The minimum atomic E-state index is 0.705. The van der Waals surface area contributed by atoms with Gasteiger partial charge in [0.15, 0.2) is 0 Å². The number of pyridine rings is 1. The smallest absolute Gasteiger partial charge is 0.0962 e. The van der Waals surface area contributed by atoms with Crippen molar-refractivity contribution < 1.29 is 0 Å². The summed E-state index contributed by atoms with van der Waals surface area (Å²) in [5.74, 6) is 0. The molecule has 0 saturated heterocycles. The second-order valence-corrected chi connectivity index (χ2v) is 5.74. The summed E-state index contributed by atoms with van der Waals surface area (Å²) in [4.78, 5) is 4.50. The average molecular weight is 236 g/mol. The molecule has 16 heavy (non-hydrogen) atoms. The van der Waals surface area contributed by atoms with Crippen LogP contribution in [0.1, 0.15) is 37.7 Å². The van der Waals surface area contributed by atoms with Crippen LogP contribution in [-0.2, 0) is 6.42 Å². The summed E-state index contributed by atoms with van der Waals surface area (Å²) in [5.41, 5.74) is 6.76. The maximum atomic E-state index is 5.52. The molecule has 0 amide bonds. The van der Waals surface area contributed by atoms with Gasteiger partial charge in [0.05, 0.1) is 5.03 Å². The van der Waals surface area contributed by atoms with E-state index in [0.29, 0.717) is 6.54 Å². The molecule has 1 aliphatic rings. The lowest BCUT2D eigenvalue weighted by molar-refractivity contribution is 0.515. The fourth-order valence-electron chi connectivity index (χ4n) is 2.15. The highest BCUT2D eigenvalue weighted by Crippen LogP contribution is 2.32. The molecule has 0 atom stereocenters. The van der Waals surface area contributed by atoms with Crippen LogP contribution >= 0.6 is 11.8 Å². The average Bonchev–Trinajstić information content (AvgIpc) is 2.33. The van der Waals surface area contributed by atoms with Gasteiger partial charge >= 0.3 is 0 Å². The van der Waals surface area contributed by atoms with E-state index >= 15 is 0 Å². The van der Waals surface area contributed by atoms with E-state index in [9.17, 15) is 0 Å². The molecular formula is C13H20N2S. The molecule has 1 saturated carbocycles. The molecular weight excluding hydrogens is 216 g/mol. The number of rotatable bonds is 4. The van der Waals surface area contributed by atoms with Gasteiger partial charge in [-0.1, -0.05) is 25.3 Å². The van der Waals surface area contributed by atoms with Gasteiger partial charge in [0.2, 0.25) is 0 Å². The van der Waals surface area contributed by atoms with Gasteiger partial charge in [0, 0.05) is 11.4 Å². The van der Waals surface area contributed by atoms with Crippen LogP contribution < -0.4 is 5.73 Å². The van der Waals surface area contributed by atoms with Crippen LogP contribution in [0.4, 0.5) is 0 Å². The topological polar surface area (TPSA) is 38.9 Å². The Morgan fingerprint density at radius 1 is 1.25 bits per heavy atom. The van der Waals surface area contributed by atoms with Crippen LogP contribution in [0.2, 0.25) is 0 Å². The summed E-state index contributed by atoms with van der Waals surface area (Å²) in [5, 5.41) is 1.97. The Kier molecular flexibility index (Phi) is 4.67. The van der Waals surface area contributed by atoms with E-state index < -0.39 is 0 Å². The fraction of sp³-hybridized carbons (Fsp3) is 0.615. The van der Waals surface area contributed by atoms with Crippen LogP contribution in [0, 0.1) is 0 Å². The summed E-state index contributed by atoms with van der Waals surface area (Å²) in [6.07, 6.45) is 9.82. The van der Waals surface area contributed by atoms with Crippen molar-refractivity contribution in [1.29, 1.82) is 0 Å². The zero-order valence-corrected chi connectivity index (χ0v) is 10.5. The third kappa shape index (κ3) is 3.49. The van der Waals surface area contributed by atoms with E-state index in [4.69, 9.17) is 5.73 Å². The summed E-state index contributed by atoms with van der Waals surface area (Å²) < 4.78 is 0. The zero-order valence-electron chi connectivity index (χ0n) is 9.69. The molecule has 2 N–H and O–H groups in total. The molecule has 0 radical (unpaired) electrons. The van der Waals surface area contributed by atoms with Gasteiger partial charge in [-0.2, -0.15) is 0 Å². The second-order valence-electron chi connectivity index (χ2n) is 4.42. The molecule has 88 valence electrons. The van der Waals surface area contributed by atoms with Crippen molar-refractivity contribution in [2.75, 3.05) is 6.54 Å². The van der Waals surface area contributed by atoms with Gasteiger partial charge in [-0.15, -0.1) is 11.8 Å². The largest absolute Gasteiger partial charge is 0.330 e. The van der Waals surface area contributed by atoms with Crippen LogP contribution in [0.25, 0.3) is 0 Å². The van der Waals surface area contributed by atoms with Gasteiger partial charge < -0.3 is 5.73 Å². The van der Waals surface area contributed by atoms with Crippen LogP contribution in [-0.4, -0.2) is 16.8 Å². The lowest BCUT2D eigenvalue weighted by atomic mass is 10.0. The maximum absolute atomic E-state index is 5.52. The predicted octanol–water partition coefficient (Wildman–Crippen LogP) is 3.01. The molecule has 0 unspecified atom stereocenters. The lowest BCUT2D eigenvalue weighted by Gasteiger charge is -2.20. The minimum absolute atomic E-state index is 0.705. The van der Waals surface area contributed by atoms with E-state index in [-0.39, 0.29) is 0 Å². The molecule has 0 aliphatic heterocycles. The van der Waals surface area contributed by atoms with Crippen LogP contribution in [0.5, 0.6) is 0 Å². The van der Waals surface area contributed by atoms with Crippen molar-refractivity contribution in [2.45, 2.75) is 48.8 Å². The van der Waals surface area contributed by atoms with Crippen molar-refractivity contribution in [2.24, 2.45) is 5.73 Å². The Balaban J connectivity index is 1.88. The van der Waals surface area contributed by atoms with Gasteiger partial charge in [0.1, 0.15) is 0 Å². The second kappa shape index (κ2) is 6.26. The van der Waals surface area contributed by atoms with E-state index in [1.807, 2.05) is 18.0 Å². The van der Waals surface area contributed by atoms with Gasteiger partial charge in [-0.05, 0) is 37.4 Å². The van der Waals surface area contributed by atoms with Gasteiger partial charge in [-0.3, -0.25) is 0 Å². The molecule has 0 spiro atoms. The van der Waals surface area contributed by atoms with Gasteiger partial charge in [0.25, 0.3) is 0 Å². The molecule has 1 aromatic rings. The van der Waals surface area contributed by atoms with E-state index in [1.165, 1.54) is 42.7 Å². The molecule has 1 fully saturated rings. The Morgan fingerprint density at radius 3 is 2.69 bits per heavy atom. The zero-order chi connectivity index (χ0) is 11.2. The van der Waals surface area contributed by atoms with Crippen LogP contribution in [0.3, 0.4) is 0 Å². The first-order chi connectivity index (χ1) is 7.88. The Morgan fingerprint density at radius 2 is 2.06 bits per heavy atom. The Labute approximate surface area is 102 Å². The summed E-state index contributed by atoms with van der Waals surface area (Å²) in [6, 6.07) is 4.30. The lowest BCUT2D eigenvalue weighted by Crippen LogP contribution is -2.08. The molecule has 1 aromatic heterocycles. The Bertz CT molecular complexity index is 304. The quantitative estimate of drug-likeness (QED) is 0.873. The van der Waals surface area contributed by atoms with Gasteiger partial charge in [-0.25, -0.2) is 4.98 Å². The maximum Gasteiger partial charge on any atom is 0.0962 e. The highest BCUT2D eigenvalue weighted by molar-refractivity contribution is 7.99. The Hall–Kier alpha value is -0.540. The number of aromatic nitrogens is 1. The van der Waals surface area contributed by atoms with E-state index in [1.54, 1.807) is 0 Å². The van der Waals surface area contributed by atoms with Crippen molar-refractivity contribution in [3.8, 4) is 0 Å². The van der Waals surface area contributed by atoms with Crippen molar-refractivity contribution >= 4 is 11.8 Å². The molecule has 0 aromatic carbocycles. The van der Waals surface area contributed by atoms with Crippen molar-refractivity contribution in [3.63, 3.8) is 0 Å². The molecule has 2 rings (SSSR count). The van der Waals surface area contributed by atoms with E-state index in [0.717, 1.165) is 11.7 Å². The van der Waals surface area contributed by atoms with Crippen molar-refractivity contribution in [3.05, 3.63) is 23.9 Å². The fourth-order valence-corrected chi connectivity index (χ4v) is 3.32. The monoisotopic (exact) mass is 236 g/mol. The minimum Gasteiger partial charge on any atom is -0.330 e. The SMILES string of the molecule is NCCc1ccc(SC2CCCCC2)nc1. The number of hydrogen-bond donors (Lipinski definition) is 1. The molecule has 2 nitrogen and oxygen atoms in total. The first-order valence-electron chi connectivity index (χ1n) is 6.20. The molecule has 3 heteroatoms. The standard InChI is InChI=1S/C13H20N2S/c14-9-8-11-6-7-13(15-10-11)16-12-4-2-1-3-5-12/h6-7,10,12H,1-5,8-9,14H2. The highest BCUT2D eigenvalue weighted by atomic mass is 32.2. The normalized spacial score (nSPS) is 17.6. The highest BCUT2D eigenvalue weighted by Gasteiger charge is 2.14. The summed E-state index contributed by atoms with van der Waals surface area (Å²) >= 11 is 1.95. The van der Waals surface area contributed by atoms with Crippen LogP contribution in [0.15, 0.2) is 23.4 Å². The predicted molar refractivity (Wildman–Crippen MR) is 69.7 cm³/mol. The number of nitrogens with zero attached hydrogens (tertiary/aromatic N) is 1. The number of thioether (sulfide) groups is 1. The third-order valence-corrected chi connectivity index (χ3v) is 4.36. The number of nitrogens with two attached hydrogens (primary N) is 1. The van der Waals surface area contributed by atoms with E-state index in [2.05, 4.69) is 17.1 Å². The first kappa shape index (κ1) is 11.9. The number of hydrogen-bond acceptors (Lipinski definition) is 3. The summed E-state index contributed by atoms with van der Waals surface area (Å²) in [7, 11) is 0. The molecule has 0 bridgehead atoms. The first-order valence-corrected chi connectivity index (χ1v) is 7.08. The molecule has 1 heterocycles. The van der Waals surface area contributed by atoms with Crippen molar-refractivity contribution in [1.82, 2.24) is 4.98 Å². The summed E-state index contributed by atoms with van der Waals surface area (Å²) in [6.45, 7) is 0.705.